The average molecular weight is 292 g/mol. The number of ether oxygens (including phenoxy) is 1. The van der Waals surface area contributed by atoms with Crippen LogP contribution in [0.1, 0.15) is 11.7 Å². The highest BCUT2D eigenvalue weighted by molar-refractivity contribution is 9.10. The molecule has 3 nitrogen and oxygen atoms in total. The summed E-state index contributed by atoms with van der Waals surface area (Å²) in [6, 6.07) is 4.24. The summed E-state index contributed by atoms with van der Waals surface area (Å²) >= 11 is 3.22. The number of hydrogen-bond acceptors (Lipinski definition) is 3. The van der Waals surface area contributed by atoms with Crippen LogP contribution in [0, 0.1) is 5.82 Å². The van der Waals surface area contributed by atoms with Gasteiger partial charge in [0.15, 0.2) is 0 Å². The van der Waals surface area contributed by atoms with Gasteiger partial charge in [-0.15, -0.1) is 0 Å². The van der Waals surface area contributed by atoms with Crippen LogP contribution in [-0.4, -0.2) is 31.9 Å². The first-order chi connectivity index (χ1) is 7.65. The molecule has 0 aliphatic heterocycles. The van der Waals surface area contributed by atoms with E-state index in [1.54, 1.807) is 13.2 Å². The zero-order chi connectivity index (χ0) is 12.0. The second kappa shape index (κ2) is 6.96. The number of rotatable bonds is 6. The molecule has 0 amide bonds. The van der Waals surface area contributed by atoms with E-state index < -0.39 is 6.10 Å². The Hall–Kier alpha value is -0.490. The van der Waals surface area contributed by atoms with Crippen LogP contribution in [0.4, 0.5) is 4.39 Å². The molecule has 1 unspecified atom stereocenters. The Morgan fingerprint density at radius 3 is 2.94 bits per heavy atom. The van der Waals surface area contributed by atoms with E-state index in [9.17, 15) is 9.50 Å². The second-order valence-electron chi connectivity index (χ2n) is 3.38. The van der Waals surface area contributed by atoms with Gasteiger partial charge in [0.05, 0.1) is 12.7 Å². The van der Waals surface area contributed by atoms with E-state index in [2.05, 4.69) is 21.2 Å². The molecular formula is C11H15BrFNO2. The number of aliphatic hydroxyl groups excluding tert-OH is 1. The fourth-order valence-electron chi connectivity index (χ4n) is 1.29. The topological polar surface area (TPSA) is 41.5 Å². The molecule has 0 fully saturated rings. The summed E-state index contributed by atoms with van der Waals surface area (Å²) in [4.78, 5) is 0. The first kappa shape index (κ1) is 13.6. The van der Waals surface area contributed by atoms with Gasteiger partial charge < -0.3 is 15.2 Å². The minimum atomic E-state index is -0.660. The van der Waals surface area contributed by atoms with Crippen molar-refractivity contribution in [1.82, 2.24) is 5.32 Å². The van der Waals surface area contributed by atoms with Crippen molar-refractivity contribution < 1.29 is 14.2 Å². The lowest BCUT2D eigenvalue weighted by molar-refractivity contribution is 0.161. The highest BCUT2D eigenvalue weighted by atomic mass is 79.9. The third-order valence-corrected chi connectivity index (χ3v) is 2.83. The molecule has 1 aromatic carbocycles. The second-order valence-corrected chi connectivity index (χ2v) is 4.23. The van der Waals surface area contributed by atoms with Crippen LogP contribution in [-0.2, 0) is 4.74 Å². The first-order valence-electron chi connectivity index (χ1n) is 4.98. The van der Waals surface area contributed by atoms with Gasteiger partial charge in [0.1, 0.15) is 5.82 Å². The Labute approximate surface area is 103 Å². The van der Waals surface area contributed by atoms with Crippen molar-refractivity contribution in [1.29, 1.82) is 0 Å². The maximum Gasteiger partial charge on any atom is 0.124 e. The van der Waals surface area contributed by atoms with Gasteiger partial charge in [0.2, 0.25) is 0 Å². The van der Waals surface area contributed by atoms with E-state index in [0.717, 1.165) is 0 Å². The van der Waals surface area contributed by atoms with Crippen LogP contribution in [0.15, 0.2) is 22.7 Å². The number of nitrogens with one attached hydrogen (secondary N) is 1. The zero-order valence-corrected chi connectivity index (χ0v) is 10.6. The van der Waals surface area contributed by atoms with E-state index in [0.29, 0.717) is 29.7 Å². The molecule has 0 heterocycles. The van der Waals surface area contributed by atoms with Crippen molar-refractivity contribution in [3.05, 3.63) is 34.1 Å². The summed E-state index contributed by atoms with van der Waals surface area (Å²) in [7, 11) is 1.62. The molecule has 0 radical (unpaired) electrons. The van der Waals surface area contributed by atoms with Crippen LogP contribution in [0.2, 0.25) is 0 Å². The third kappa shape index (κ3) is 4.17. The Balaban J connectivity index is 2.49. The number of benzene rings is 1. The fourth-order valence-corrected chi connectivity index (χ4v) is 1.91. The van der Waals surface area contributed by atoms with E-state index in [-0.39, 0.29) is 5.82 Å². The molecule has 0 saturated heterocycles. The normalized spacial score (nSPS) is 12.8. The van der Waals surface area contributed by atoms with Crippen molar-refractivity contribution in [2.45, 2.75) is 6.10 Å². The van der Waals surface area contributed by atoms with Crippen molar-refractivity contribution >= 4 is 15.9 Å². The number of methoxy groups -OCH3 is 1. The monoisotopic (exact) mass is 291 g/mol. The predicted octanol–water partition coefficient (Wildman–Crippen LogP) is 1.86. The smallest absolute Gasteiger partial charge is 0.124 e. The molecule has 0 aromatic heterocycles. The summed E-state index contributed by atoms with van der Waals surface area (Å²) in [6.45, 7) is 1.68. The van der Waals surface area contributed by atoms with Gasteiger partial charge in [-0.05, 0) is 17.7 Å². The molecule has 1 atom stereocenters. The van der Waals surface area contributed by atoms with Crippen molar-refractivity contribution in [3.8, 4) is 0 Å². The van der Waals surface area contributed by atoms with Gasteiger partial charge in [-0.3, -0.25) is 0 Å². The van der Waals surface area contributed by atoms with Crippen LogP contribution >= 0.6 is 15.9 Å². The summed E-state index contributed by atoms with van der Waals surface area (Å²) in [5, 5.41) is 12.9. The number of hydrogen-bond donors (Lipinski definition) is 2. The summed E-state index contributed by atoms with van der Waals surface area (Å²) in [5.74, 6) is -0.324. The largest absolute Gasteiger partial charge is 0.387 e. The van der Waals surface area contributed by atoms with E-state index >= 15 is 0 Å². The molecule has 2 N–H and O–H groups in total. The quantitative estimate of drug-likeness (QED) is 0.786. The first-order valence-corrected chi connectivity index (χ1v) is 5.77. The van der Waals surface area contributed by atoms with E-state index in [4.69, 9.17) is 4.74 Å². The standard InChI is InChI=1S/C11H15BrFNO2/c1-16-5-4-14-7-11(15)9-3-2-8(13)6-10(9)12/h2-3,6,11,14-15H,4-5,7H2,1H3. The molecule has 16 heavy (non-hydrogen) atoms. The molecular weight excluding hydrogens is 277 g/mol. The molecule has 90 valence electrons. The summed E-state index contributed by atoms with van der Waals surface area (Å²) in [5.41, 5.74) is 0.673. The fraction of sp³-hybridized carbons (Fsp3) is 0.455. The van der Waals surface area contributed by atoms with Gasteiger partial charge >= 0.3 is 0 Å². The molecule has 1 aromatic rings. The highest BCUT2D eigenvalue weighted by Crippen LogP contribution is 2.23. The molecule has 1 rings (SSSR count). The van der Waals surface area contributed by atoms with Crippen molar-refractivity contribution in [3.63, 3.8) is 0 Å². The molecule has 0 bridgehead atoms. The van der Waals surface area contributed by atoms with Gasteiger partial charge in [0.25, 0.3) is 0 Å². The van der Waals surface area contributed by atoms with Gasteiger partial charge in [-0.1, -0.05) is 22.0 Å². The summed E-state index contributed by atoms with van der Waals surface area (Å²) < 4.78 is 18.3. The van der Waals surface area contributed by atoms with Crippen molar-refractivity contribution in [2.24, 2.45) is 0 Å². The lowest BCUT2D eigenvalue weighted by Crippen LogP contribution is -2.25. The Morgan fingerprint density at radius 2 is 2.31 bits per heavy atom. The lowest BCUT2D eigenvalue weighted by Gasteiger charge is -2.13. The van der Waals surface area contributed by atoms with E-state index in [1.807, 2.05) is 0 Å². The number of aliphatic hydroxyl groups is 1. The molecule has 0 saturated carbocycles. The minimum absolute atomic E-state index is 0.324. The van der Waals surface area contributed by atoms with Crippen molar-refractivity contribution in [2.75, 3.05) is 26.8 Å². The minimum Gasteiger partial charge on any atom is -0.387 e. The van der Waals surface area contributed by atoms with Crippen LogP contribution in [0.5, 0.6) is 0 Å². The lowest BCUT2D eigenvalue weighted by atomic mass is 10.1. The molecule has 5 heteroatoms. The molecule has 0 aliphatic carbocycles. The van der Waals surface area contributed by atoms with E-state index in [1.165, 1.54) is 12.1 Å². The summed E-state index contributed by atoms with van der Waals surface area (Å²) in [6.07, 6.45) is -0.660. The molecule has 0 aliphatic rings. The van der Waals surface area contributed by atoms with Gasteiger partial charge in [0, 0.05) is 24.7 Å². The Morgan fingerprint density at radius 1 is 1.56 bits per heavy atom. The van der Waals surface area contributed by atoms with Crippen LogP contribution in [0.25, 0.3) is 0 Å². The molecule has 0 spiro atoms. The zero-order valence-electron chi connectivity index (χ0n) is 9.04. The average Bonchev–Trinajstić information content (AvgIpc) is 2.24. The number of halogens is 2. The Kier molecular flexibility index (Phi) is 5.90. The third-order valence-electron chi connectivity index (χ3n) is 2.14. The maximum absolute atomic E-state index is 12.8. The van der Waals surface area contributed by atoms with Crippen LogP contribution in [0.3, 0.4) is 0 Å². The SMILES string of the molecule is COCCNCC(O)c1ccc(F)cc1Br. The predicted molar refractivity (Wildman–Crippen MR) is 63.8 cm³/mol. The highest BCUT2D eigenvalue weighted by Gasteiger charge is 2.11. The van der Waals surface area contributed by atoms with Crippen LogP contribution < -0.4 is 5.32 Å². The van der Waals surface area contributed by atoms with Gasteiger partial charge in [-0.2, -0.15) is 0 Å². The van der Waals surface area contributed by atoms with Gasteiger partial charge in [-0.25, -0.2) is 4.39 Å². The Bertz CT molecular complexity index is 336. The maximum atomic E-state index is 12.8.